The summed E-state index contributed by atoms with van der Waals surface area (Å²) in [5, 5.41) is 3.41. The van der Waals surface area contributed by atoms with E-state index >= 15 is 0 Å². The van der Waals surface area contributed by atoms with Crippen LogP contribution in [0.5, 0.6) is 0 Å². The second-order valence-electron chi connectivity index (χ2n) is 12.3. The van der Waals surface area contributed by atoms with Crippen LogP contribution in [0.15, 0.2) is 16.9 Å². The summed E-state index contributed by atoms with van der Waals surface area (Å²) in [4.78, 5) is 33.1. The molecule has 0 radical (unpaired) electrons. The third-order valence-corrected chi connectivity index (χ3v) is 7.73. The summed E-state index contributed by atoms with van der Waals surface area (Å²) in [6.45, 7) is 13.5. The topological polar surface area (TPSA) is 72.2 Å². The summed E-state index contributed by atoms with van der Waals surface area (Å²) >= 11 is 0. The molecule has 7 heteroatoms. The zero-order valence-electron chi connectivity index (χ0n) is 21.4. The van der Waals surface area contributed by atoms with Crippen molar-refractivity contribution in [2.45, 2.75) is 78.8 Å². The fourth-order valence-electron chi connectivity index (χ4n) is 5.55. The van der Waals surface area contributed by atoms with Crippen molar-refractivity contribution < 1.29 is 4.79 Å². The molecule has 7 nitrogen and oxygen atoms in total. The molecule has 2 aromatic heterocycles. The number of nitrogens with zero attached hydrogens (tertiary/aromatic N) is 4. The van der Waals surface area contributed by atoms with Gasteiger partial charge in [-0.3, -0.25) is 13.9 Å². The first-order valence-corrected chi connectivity index (χ1v) is 12.4. The average molecular weight is 456 g/mol. The van der Waals surface area contributed by atoms with Crippen molar-refractivity contribution in [3.63, 3.8) is 0 Å². The van der Waals surface area contributed by atoms with E-state index in [0.717, 1.165) is 55.6 Å². The largest absolute Gasteiger partial charge is 0.353 e. The number of likely N-dealkylation sites (tertiary alicyclic amines) is 1. The molecule has 2 fully saturated rings. The zero-order valence-corrected chi connectivity index (χ0v) is 21.4. The fourth-order valence-corrected chi connectivity index (χ4v) is 5.55. The lowest BCUT2D eigenvalue weighted by Crippen LogP contribution is -2.50. The third-order valence-electron chi connectivity index (χ3n) is 7.73. The van der Waals surface area contributed by atoms with E-state index in [9.17, 15) is 9.59 Å². The highest BCUT2D eigenvalue weighted by molar-refractivity contribution is 5.79. The Morgan fingerprint density at radius 3 is 2.58 bits per heavy atom. The zero-order chi connectivity index (χ0) is 24.1. The minimum atomic E-state index is -0.0129. The maximum atomic E-state index is 13.0. The molecule has 0 aromatic carbocycles. The van der Waals surface area contributed by atoms with Gasteiger partial charge in [0.15, 0.2) is 5.65 Å². The van der Waals surface area contributed by atoms with E-state index in [1.807, 2.05) is 11.6 Å². The van der Waals surface area contributed by atoms with Crippen molar-refractivity contribution in [3.8, 4) is 0 Å². The minimum Gasteiger partial charge on any atom is -0.353 e. The van der Waals surface area contributed by atoms with Gasteiger partial charge in [-0.1, -0.05) is 34.6 Å². The predicted molar refractivity (Wildman–Crippen MR) is 132 cm³/mol. The number of hydrogen-bond acceptors (Lipinski definition) is 4. The van der Waals surface area contributed by atoms with E-state index in [0.29, 0.717) is 6.54 Å². The Balaban J connectivity index is 1.57. The molecule has 4 rings (SSSR count). The molecule has 1 aliphatic heterocycles. The number of fused-ring (bicyclic) bond motifs is 1. The summed E-state index contributed by atoms with van der Waals surface area (Å²) in [6.07, 6.45) is 3.91. The molecule has 3 heterocycles. The smallest absolute Gasteiger partial charge is 0.330 e. The van der Waals surface area contributed by atoms with Gasteiger partial charge in [0.25, 0.3) is 0 Å². The molecule has 33 heavy (non-hydrogen) atoms. The van der Waals surface area contributed by atoms with Crippen LogP contribution in [-0.4, -0.2) is 51.1 Å². The van der Waals surface area contributed by atoms with E-state index in [1.54, 1.807) is 4.57 Å². The van der Waals surface area contributed by atoms with Gasteiger partial charge in [-0.25, -0.2) is 9.78 Å². The second kappa shape index (κ2) is 8.57. The molecule has 2 aromatic rings. The lowest BCUT2D eigenvalue weighted by atomic mass is 9.68. The van der Waals surface area contributed by atoms with E-state index < -0.39 is 0 Å². The van der Waals surface area contributed by atoms with Gasteiger partial charge in [-0.15, -0.1) is 0 Å². The molecule has 1 saturated carbocycles. The number of amides is 1. The van der Waals surface area contributed by atoms with Crippen LogP contribution in [0, 0.1) is 16.7 Å². The molecule has 1 saturated heterocycles. The maximum Gasteiger partial charge on any atom is 0.330 e. The highest BCUT2D eigenvalue weighted by Crippen LogP contribution is 2.42. The molecule has 3 atom stereocenters. The third kappa shape index (κ3) is 4.88. The number of carbonyl (C=O) groups excluding carboxylic acids is 1. The quantitative estimate of drug-likeness (QED) is 0.766. The predicted octanol–water partition coefficient (Wildman–Crippen LogP) is 3.51. The van der Waals surface area contributed by atoms with Crippen LogP contribution in [0.2, 0.25) is 0 Å². The number of rotatable bonds is 4. The molecule has 0 bridgehead atoms. The van der Waals surface area contributed by atoms with Crippen molar-refractivity contribution in [1.82, 2.24) is 24.3 Å². The number of carbonyl (C=O) groups is 1. The summed E-state index contributed by atoms with van der Waals surface area (Å²) in [6, 6.07) is 4.28. The molecular formula is C26H41N5O2. The van der Waals surface area contributed by atoms with Crippen LogP contribution in [0.25, 0.3) is 11.2 Å². The maximum absolute atomic E-state index is 13.0. The number of imidazole rings is 1. The van der Waals surface area contributed by atoms with Crippen LogP contribution in [0.4, 0.5) is 0 Å². The van der Waals surface area contributed by atoms with Crippen LogP contribution < -0.4 is 11.0 Å². The molecular weight excluding hydrogens is 414 g/mol. The van der Waals surface area contributed by atoms with Crippen LogP contribution in [-0.2, 0) is 18.4 Å². The fraction of sp³-hybridized carbons (Fsp3) is 0.731. The number of aryl methyl sites for hydroxylation is 1. The van der Waals surface area contributed by atoms with Crippen molar-refractivity contribution in [1.29, 1.82) is 0 Å². The lowest BCUT2D eigenvalue weighted by Gasteiger charge is -2.42. The Kier molecular flexibility index (Phi) is 6.23. The van der Waals surface area contributed by atoms with Gasteiger partial charge in [0.05, 0.1) is 11.4 Å². The summed E-state index contributed by atoms with van der Waals surface area (Å²) in [7, 11) is 3.89. The Hall–Kier alpha value is -2.15. The van der Waals surface area contributed by atoms with Gasteiger partial charge in [0.1, 0.15) is 0 Å². The Morgan fingerprint density at radius 1 is 1.21 bits per heavy atom. The molecule has 3 unspecified atom stereocenters. The first-order valence-electron chi connectivity index (χ1n) is 12.4. The van der Waals surface area contributed by atoms with Crippen LogP contribution in [0.1, 0.15) is 71.9 Å². The van der Waals surface area contributed by atoms with Gasteiger partial charge in [0, 0.05) is 37.8 Å². The monoisotopic (exact) mass is 455 g/mol. The highest BCUT2D eigenvalue weighted by atomic mass is 16.2. The van der Waals surface area contributed by atoms with E-state index in [1.165, 1.54) is 0 Å². The van der Waals surface area contributed by atoms with Gasteiger partial charge in [-0.05, 0) is 62.2 Å². The van der Waals surface area contributed by atoms with Crippen molar-refractivity contribution in [3.05, 3.63) is 28.3 Å². The van der Waals surface area contributed by atoms with Crippen LogP contribution in [0.3, 0.4) is 0 Å². The molecule has 182 valence electrons. The number of nitrogens with one attached hydrogen (secondary N) is 1. The molecule has 2 aliphatic rings. The number of hydrogen-bond donors (Lipinski definition) is 1. The Labute approximate surface area is 197 Å². The van der Waals surface area contributed by atoms with Crippen LogP contribution >= 0.6 is 0 Å². The van der Waals surface area contributed by atoms with Gasteiger partial charge in [-0.2, -0.15) is 0 Å². The Bertz CT molecular complexity index is 1090. The SMILES string of the molecule is CN1CCC(C(=O)NC2CC(c3ccc4c(n3)n(C)c(=O)n4CC(C)(C)C)CCC2(C)C)C1. The molecule has 0 spiro atoms. The molecule has 1 N–H and O–H groups in total. The first-order chi connectivity index (χ1) is 15.4. The lowest BCUT2D eigenvalue weighted by molar-refractivity contribution is -0.126. The van der Waals surface area contributed by atoms with Gasteiger partial charge < -0.3 is 10.2 Å². The standard InChI is InChI=1S/C26H41N5O2/c1-25(2,3)16-31-20-9-8-19(27-22(20)30(7)24(31)33)17-10-12-26(4,5)21(14-17)28-23(32)18-11-13-29(6)15-18/h8-9,17-18,21H,10-16H2,1-7H3,(H,28,32). The number of pyridine rings is 1. The van der Waals surface area contributed by atoms with E-state index in [-0.39, 0.29) is 40.3 Å². The molecule has 1 amide bonds. The Morgan fingerprint density at radius 2 is 1.94 bits per heavy atom. The highest BCUT2D eigenvalue weighted by Gasteiger charge is 2.40. The first kappa shape index (κ1) is 24.0. The number of aromatic nitrogens is 3. The second-order valence-corrected chi connectivity index (χ2v) is 12.3. The van der Waals surface area contributed by atoms with Crippen molar-refractivity contribution in [2.24, 2.45) is 23.8 Å². The van der Waals surface area contributed by atoms with E-state index in [2.05, 4.69) is 64.0 Å². The minimum absolute atomic E-state index is 0.00524. The molecule has 1 aliphatic carbocycles. The summed E-state index contributed by atoms with van der Waals surface area (Å²) in [5.74, 6) is 0.570. The van der Waals surface area contributed by atoms with E-state index in [4.69, 9.17) is 4.98 Å². The van der Waals surface area contributed by atoms with Crippen molar-refractivity contribution in [2.75, 3.05) is 20.1 Å². The normalized spacial score (nSPS) is 26.1. The average Bonchev–Trinajstić information content (AvgIpc) is 3.26. The van der Waals surface area contributed by atoms with Gasteiger partial charge >= 0.3 is 5.69 Å². The summed E-state index contributed by atoms with van der Waals surface area (Å²) in [5.41, 5.74) is 2.73. The van der Waals surface area contributed by atoms with Crippen molar-refractivity contribution >= 4 is 17.1 Å². The van der Waals surface area contributed by atoms with Gasteiger partial charge in [0.2, 0.25) is 5.91 Å². The summed E-state index contributed by atoms with van der Waals surface area (Å²) < 4.78 is 3.52.